The van der Waals surface area contributed by atoms with Crippen LogP contribution >= 0.6 is 0 Å². The molecule has 28 heavy (non-hydrogen) atoms. The van der Waals surface area contributed by atoms with Gasteiger partial charge in [0.25, 0.3) is 0 Å². The molecule has 0 saturated carbocycles. The third-order valence-corrected chi connectivity index (χ3v) is 4.68. The molecule has 7 nitrogen and oxygen atoms in total. The van der Waals surface area contributed by atoms with Crippen LogP contribution in [0.3, 0.4) is 0 Å². The summed E-state index contributed by atoms with van der Waals surface area (Å²) in [6.45, 7) is 2.01. The number of anilines is 2. The van der Waals surface area contributed by atoms with Gasteiger partial charge in [-0.05, 0) is 23.8 Å². The Kier molecular flexibility index (Phi) is 5.78. The summed E-state index contributed by atoms with van der Waals surface area (Å²) < 4.78 is 34.0. The van der Waals surface area contributed by atoms with Crippen LogP contribution in [0.2, 0.25) is 0 Å². The lowest BCUT2D eigenvalue weighted by atomic mass is 10.0. The largest absolute Gasteiger partial charge is 0.442 e. The minimum absolute atomic E-state index is 0.0210. The third kappa shape index (κ3) is 4.22. The number of carbonyl (C=O) groups is 2. The highest BCUT2D eigenvalue weighted by molar-refractivity contribution is 5.90. The average Bonchev–Trinajstić information content (AvgIpc) is 3.02. The normalized spacial score (nSPS) is 21.8. The predicted octanol–water partition coefficient (Wildman–Crippen LogP) is 2.29. The smallest absolute Gasteiger partial charge is 0.414 e. The van der Waals surface area contributed by atoms with E-state index in [2.05, 4.69) is 5.32 Å². The highest BCUT2D eigenvalue weighted by Gasteiger charge is 2.33. The van der Waals surface area contributed by atoms with E-state index in [1.54, 1.807) is 17.0 Å². The second kappa shape index (κ2) is 8.25. The molecule has 0 aliphatic carbocycles. The molecule has 1 N–H and O–H groups in total. The fourth-order valence-corrected chi connectivity index (χ4v) is 3.23. The fraction of sp³-hybridized carbons (Fsp3) is 0.421. The van der Waals surface area contributed by atoms with Gasteiger partial charge in [-0.3, -0.25) is 9.69 Å². The molecule has 1 saturated heterocycles. The number of nitrogens with one attached hydrogen (secondary N) is 1. The van der Waals surface area contributed by atoms with Gasteiger partial charge in [-0.2, -0.15) is 5.26 Å². The summed E-state index contributed by atoms with van der Waals surface area (Å²) in [4.78, 5) is 25.9. The SMILES string of the molecule is CC(=O)NC[C@H]1CN(c2ccc(N3CC=C(CC#N)[C@H](F)C3)c(F)c2)C(=O)O1. The summed E-state index contributed by atoms with van der Waals surface area (Å²) in [6, 6.07) is 6.20. The van der Waals surface area contributed by atoms with Gasteiger partial charge in [0, 0.05) is 13.5 Å². The summed E-state index contributed by atoms with van der Waals surface area (Å²) in [5.74, 6) is -0.815. The summed E-state index contributed by atoms with van der Waals surface area (Å²) in [7, 11) is 0. The van der Waals surface area contributed by atoms with Crippen molar-refractivity contribution in [2.45, 2.75) is 25.6 Å². The molecule has 2 amide bonds. The van der Waals surface area contributed by atoms with Gasteiger partial charge < -0.3 is 15.0 Å². The number of carbonyl (C=O) groups excluding carboxylic acids is 2. The van der Waals surface area contributed by atoms with Crippen LogP contribution in [0.4, 0.5) is 25.0 Å². The Morgan fingerprint density at radius 3 is 2.86 bits per heavy atom. The second-order valence-corrected chi connectivity index (χ2v) is 6.68. The highest BCUT2D eigenvalue weighted by Crippen LogP contribution is 2.30. The van der Waals surface area contributed by atoms with Crippen molar-refractivity contribution in [2.75, 3.05) is 36.0 Å². The van der Waals surface area contributed by atoms with E-state index in [0.717, 1.165) is 0 Å². The zero-order valence-electron chi connectivity index (χ0n) is 15.3. The van der Waals surface area contributed by atoms with Gasteiger partial charge in [0.1, 0.15) is 18.1 Å². The van der Waals surface area contributed by atoms with Gasteiger partial charge in [-0.1, -0.05) is 6.08 Å². The molecule has 0 unspecified atom stereocenters. The van der Waals surface area contributed by atoms with Crippen molar-refractivity contribution >= 4 is 23.4 Å². The van der Waals surface area contributed by atoms with Crippen LogP contribution in [0, 0.1) is 17.1 Å². The molecule has 2 aliphatic rings. The van der Waals surface area contributed by atoms with E-state index >= 15 is 0 Å². The molecule has 0 spiro atoms. The number of nitriles is 1. The number of cyclic esters (lactones) is 1. The first kappa shape index (κ1) is 19.6. The first-order valence-corrected chi connectivity index (χ1v) is 8.86. The molecular weight excluding hydrogens is 370 g/mol. The summed E-state index contributed by atoms with van der Waals surface area (Å²) in [5.41, 5.74) is 0.966. The Balaban J connectivity index is 1.70. The number of halogens is 2. The Morgan fingerprint density at radius 1 is 1.43 bits per heavy atom. The lowest BCUT2D eigenvalue weighted by Gasteiger charge is -2.30. The summed E-state index contributed by atoms with van der Waals surface area (Å²) in [5, 5.41) is 11.3. The first-order valence-electron chi connectivity index (χ1n) is 8.86. The van der Waals surface area contributed by atoms with Crippen LogP contribution in [-0.2, 0) is 9.53 Å². The van der Waals surface area contributed by atoms with Gasteiger partial charge in [0.05, 0.1) is 43.5 Å². The van der Waals surface area contributed by atoms with E-state index in [1.807, 2.05) is 6.07 Å². The molecule has 3 rings (SSSR count). The standard InChI is InChI=1S/C19H20F2N4O3/c1-12(26)23-9-15-10-25(19(27)28-15)14-2-3-18(16(20)8-14)24-7-5-13(4-6-22)17(21)11-24/h2-3,5,8,15,17H,4,7,9-11H2,1H3,(H,23,26)/t15-,17+/m0/s1. The first-order chi connectivity index (χ1) is 13.4. The van der Waals surface area contributed by atoms with Gasteiger partial charge in [-0.25, -0.2) is 13.6 Å². The number of amides is 2. The molecule has 0 bridgehead atoms. The molecule has 2 heterocycles. The Morgan fingerprint density at radius 2 is 2.21 bits per heavy atom. The minimum atomic E-state index is -1.32. The third-order valence-electron chi connectivity index (χ3n) is 4.68. The maximum absolute atomic E-state index is 14.7. The number of hydrogen-bond acceptors (Lipinski definition) is 5. The molecule has 1 aromatic rings. The number of hydrogen-bond donors (Lipinski definition) is 1. The average molecular weight is 390 g/mol. The molecule has 1 aromatic carbocycles. The molecule has 2 atom stereocenters. The van der Waals surface area contributed by atoms with Gasteiger partial charge in [-0.15, -0.1) is 0 Å². The molecular formula is C19H20F2N4O3. The Labute approximate surface area is 161 Å². The molecule has 148 valence electrons. The number of ether oxygens (including phenoxy) is 1. The topological polar surface area (TPSA) is 85.7 Å². The van der Waals surface area contributed by atoms with E-state index in [0.29, 0.717) is 17.8 Å². The lowest BCUT2D eigenvalue weighted by Crippen LogP contribution is -2.36. The molecule has 1 fully saturated rings. The van der Waals surface area contributed by atoms with Crippen molar-refractivity contribution in [3.8, 4) is 6.07 Å². The van der Waals surface area contributed by atoms with Crippen LogP contribution < -0.4 is 15.1 Å². The van der Waals surface area contributed by atoms with Crippen LogP contribution in [0.15, 0.2) is 29.8 Å². The van der Waals surface area contributed by atoms with Crippen molar-refractivity contribution in [1.82, 2.24) is 5.32 Å². The maximum atomic E-state index is 14.7. The van der Waals surface area contributed by atoms with Gasteiger partial charge in [0.2, 0.25) is 5.91 Å². The Bertz CT molecular complexity index is 852. The molecule has 0 aromatic heterocycles. The quantitative estimate of drug-likeness (QED) is 0.780. The van der Waals surface area contributed by atoms with Crippen LogP contribution in [-0.4, -0.2) is 50.5 Å². The fourth-order valence-electron chi connectivity index (χ4n) is 3.23. The van der Waals surface area contributed by atoms with Crippen molar-refractivity contribution in [3.05, 3.63) is 35.7 Å². The maximum Gasteiger partial charge on any atom is 0.414 e. The van der Waals surface area contributed by atoms with E-state index in [1.165, 1.54) is 24.0 Å². The van der Waals surface area contributed by atoms with Crippen LogP contribution in [0.1, 0.15) is 13.3 Å². The summed E-state index contributed by atoms with van der Waals surface area (Å²) in [6.07, 6.45) is -0.830. The number of nitrogens with zero attached hydrogens (tertiary/aromatic N) is 3. The number of rotatable bonds is 5. The van der Waals surface area contributed by atoms with E-state index in [-0.39, 0.29) is 37.6 Å². The zero-order valence-corrected chi connectivity index (χ0v) is 15.3. The predicted molar refractivity (Wildman–Crippen MR) is 98.1 cm³/mol. The van der Waals surface area contributed by atoms with Crippen LogP contribution in [0.5, 0.6) is 0 Å². The van der Waals surface area contributed by atoms with E-state index < -0.39 is 24.2 Å². The van der Waals surface area contributed by atoms with Crippen molar-refractivity contribution in [2.24, 2.45) is 0 Å². The number of benzene rings is 1. The minimum Gasteiger partial charge on any atom is -0.442 e. The van der Waals surface area contributed by atoms with E-state index in [4.69, 9.17) is 10.00 Å². The lowest BCUT2D eigenvalue weighted by molar-refractivity contribution is -0.119. The summed E-state index contributed by atoms with van der Waals surface area (Å²) >= 11 is 0. The Hall–Kier alpha value is -3.15. The van der Waals surface area contributed by atoms with Crippen LogP contribution in [0.25, 0.3) is 0 Å². The highest BCUT2D eigenvalue weighted by atomic mass is 19.1. The van der Waals surface area contributed by atoms with Crippen molar-refractivity contribution < 1.29 is 23.1 Å². The van der Waals surface area contributed by atoms with E-state index in [9.17, 15) is 18.4 Å². The van der Waals surface area contributed by atoms with Crippen molar-refractivity contribution in [3.63, 3.8) is 0 Å². The van der Waals surface area contributed by atoms with Gasteiger partial charge in [0.15, 0.2) is 0 Å². The molecule has 9 heteroatoms. The second-order valence-electron chi connectivity index (χ2n) is 6.68. The molecule has 2 aliphatic heterocycles. The zero-order chi connectivity index (χ0) is 20.3. The monoisotopic (exact) mass is 390 g/mol. The number of alkyl halides is 1. The molecule has 0 radical (unpaired) electrons. The van der Waals surface area contributed by atoms with Crippen molar-refractivity contribution in [1.29, 1.82) is 5.26 Å². The van der Waals surface area contributed by atoms with Gasteiger partial charge >= 0.3 is 6.09 Å².